The zero-order chi connectivity index (χ0) is 36.7. The van der Waals surface area contributed by atoms with Gasteiger partial charge in [-0.3, -0.25) is 0 Å². The molecule has 1 saturated carbocycles. The molecule has 20 nitrogen and oxygen atoms in total. The van der Waals surface area contributed by atoms with Crippen LogP contribution in [0.1, 0.15) is 23.8 Å². The molecule has 0 bridgehead atoms. The number of rotatable bonds is 9. The molecule has 4 aliphatic heterocycles. The molecule has 51 heavy (non-hydrogen) atoms. The van der Waals surface area contributed by atoms with Gasteiger partial charge >= 0.3 is 0 Å². The van der Waals surface area contributed by atoms with Crippen molar-refractivity contribution in [1.82, 2.24) is 0 Å². The van der Waals surface area contributed by atoms with Gasteiger partial charge in [0.15, 0.2) is 25.2 Å². The Morgan fingerprint density at radius 3 is 2.00 bits per heavy atom. The van der Waals surface area contributed by atoms with Crippen LogP contribution < -0.4 is 28.7 Å². The normalized spacial score (nSPS) is 48.9. The van der Waals surface area contributed by atoms with E-state index in [2.05, 4.69) is 0 Å². The van der Waals surface area contributed by atoms with E-state index in [1.165, 1.54) is 0 Å². The third-order valence-electron chi connectivity index (χ3n) is 10.1. The van der Waals surface area contributed by atoms with Crippen molar-refractivity contribution in [3.63, 3.8) is 0 Å². The van der Waals surface area contributed by atoms with Crippen LogP contribution in [-0.2, 0) is 37.9 Å². The number of nitrogens with two attached hydrogens (primary N) is 5. The van der Waals surface area contributed by atoms with Crippen molar-refractivity contribution in [2.45, 2.75) is 129 Å². The fraction of sp³-hybridized carbons (Fsp3) is 0.774. The SMILES string of the molecule is N#Cc1ccc([C@@H]2OC[C@H]3O[C@H](O[C@H]4[C@H](O[C@@H]5O[C@H](CO)[C@@H](O[C@H]6O[C@@H](CN)[C@@H](O)[C@H](O)[C@H]6N)[C@H]5O)[C@@H](O)[C@H](N)C[C@@H]4N)[C@H](N)[C@@H](O)[C@@H]3O2)cc1. The van der Waals surface area contributed by atoms with Crippen molar-refractivity contribution in [3.05, 3.63) is 35.4 Å². The minimum atomic E-state index is -1.61. The summed E-state index contributed by atoms with van der Waals surface area (Å²) in [6.45, 7) is -0.828. The molecule has 20 atom stereocenters. The molecule has 5 fully saturated rings. The second-order valence-electron chi connectivity index (χ2n) is 13.5. The third-order valence-corrected chi connectivity index (χ3v) is 10.1. The molecule has 5 aliphatic rings. The van der Waals surface area contributed by atoms with Gasteiger partial charge in [-0.25, -0.2) is 0 Å². The monoisotopic (exact) mass is 728 g/mol. The van der Waals surface area contributed by atoms with Crippen LogP contribution in [0.2, 0.25) is 0 Å². The topological polar surface area (TPSA) is 349 Å². The molecule has 1 aromatic carbocycles. The van der Waals surface area contributed by atoms with Crippen LogP contribution in [0.3, 0.4) is 0 Å². The first-order valence-corrected chi connectivity index (χ1v) is 16.8. The first-order valence-electron chi connectivity index (χ1n) is 16.8. The number of hydrogen-bond donors (Lipinski definition) is 11. The van der Waals surface area contributed by atoms with Gasteiger partial charge in [-0.15, -0.1) is 0 Å². The van der Waals surface area contributed by atoms with Gasteiger partial charge in [0, 0.05) is 24.2 Å². The highest BCUT2D eigenvalue weighted by Gasteiger charge is 2.55. The average molecular weight is 729 g/mol. The van der Waals surface area contributed by atoms with Gasteiger partial charge in [0.25, 0.3) is 0 Å². The third kappa shape index (κ3) is 7.66. The Morgan fingerprint density at radius 1 is 0.706 bits per heavy atom. The summed E-state index contributed by atoms with van der Waals surface area (Å²) in [6, 6.07) is 4.49. The summed E-state index contributed by atoms with van der Waals surface area (Å²) in [5, 5.41) is 73.4. The van der Waals surface area contributed by atoms with Crippen molar-refractivity contribution in [3.8, 4) is 6.07 Å². The lowest BCUT2D eigenvalue weighted by Crippen LogP contribution is -2.69. The molecule has 4 saturated heterocycles. The van der Waals surface area contributed by atoms with E-state index in [9.17, 15) is 30.6 Å². The van der Waals surface area contributed by atoms with Crippen LogP contribution in [0.25, 0.3) is 0 Å². The molecular formula is C31H48N6O14. The lowest BCUT2D eigenvalue weighted by Gasteiger charge is -2.49. The highest BCUT2D eigenvalue weighted by Crippen LogP contribution is 2.37. The van der Waals surface area contributed by atoms with E-state index in [4.69, 9.17) is 71.8 Å². The number of ether oxygens (including phenoxy) is 8. The van der Waals surface area contributed by atoms with Gasteiger partial charge in [0.1, 0.15) is 67.1 Å². The lowest BCUT2D eigenvalue weighted by molar-refractivity contribution is -0.356. The fourth-order valence-corrected chi connectivity index (χ4v) is 7.09. The largest absolute Gasteiger partial charge is 0.394 e. The Balaban J connectivity index is 1.13. The predicted octanol–water partition coefficient (Wildman–Crippen LogP) is -6.23. The number of aliphatic hydroxyl groups is 6. The standard InChI is InChI=1S/C31H48N6O14/c32-6-10-1-3-11(4-2-10)28-44-9-16-26(49-28)22(42)18(37)30(47-16)48-24-13(35)5-12(34)19(39)27(24)51-31-23(43)25(15(8-38)46-31)50-29-17(36)21(41)20(40)14(7-33)45-29/h1-4,12-31,38-43H,5,7-9,33-37H2/t12-,13+,14+,15-,16-,17-,18-,19+,20-,21-,22-,23-,24-,25-,26-,27-,28-,29-,30-,31+/m1/s1. The van der Waals surface area contributed by atoms with Crippen LogP contribution in [0.4, 0.5) is 0 Å². The summed E-state index contributed by atoms with van der Waals surface area (Å²) in [4.78, 5) is 0. The summed E-state index contributed by atoms with van der Waals surface area (Å²) < 4.78 is 47.5. The van der Waals surface area contributed by atoms with Gasteiger partial charge in [-0.2, -0.15) is 5.26 Å². The second-order valence-corrected chi connectivity index (χ2v) is 13.5. The summed E-state index contributed by atoms with van der Waals surface area (Å²) in [7, 11) is 0. The minimum absolute atomic E-state index is 0.00839. The van der Waals surface area contributed by atoms with Gasteiger partial charge in [-0.1, -0.05) is 12.1 Å². The zero-order valence-electron chi connectivity index (χ0n) is 27.5. The molecule has 0 spiro atoms. The van der Waals surface area contributed by atoms with Crippen LogP contribution in [0.5, 0.6) is 0 Å². The highest BCUT2D eigenvalue weighted by molar-refractivity contribution is 5.32. The molecule has 1 aliphatic carbocycles. The van der Waals surface area contributed by atoms with Crippen LogP contribution >= 0.6 is 0 Å². The van der Waals surface area contributed by atoms with Crippen molar-refractivity contribution in [1.29, 1.82) is 5.26 Å². The maximum Gasteiger partial charge on any atom is 0.187 e. The van der Waals surface area contributed by atoms with Gasteiger partial charge < -0.3 is 97.2 Å². The van der Waals surface area contributed by atoms with Gasteiger partial charge in [0.2, 0.25) is 0 Å². The summed E-state index contributed by atoms with van der Waals surface area (Å²) in [5.74, 6) is 0. The Hall–Kier alpha value is -2.05. The van der Waals surface area contributed by atoms with E-state index in [0.717, 1.165) is 0 Å². The van der Waals surface area contributed by atoms with Crippen molar-refractivity contribution < 1.29 is 68.5 Å². The average Bonchev–Trinajstić information content (AvgIpc) is 3.43. The quantitative estimate of drug-likeness (QED) is 0.113. The summed E-state index contributed by atoms with van der Waals surface area (Å²) in [6.07, 6.45) is -19.9. The molecule has 20 heteroatoms. The first kappa shape index (κ1) is 38.7. The molecule has 0 radical (unpaired) electrons. The molecule has 0 aromatic heterocycles. The van der Waals surface area contributed by atoms with Crippen LogP contribution in [-0.4, -0.2) is 167 Å². The molecule has 4 heterocycles. The molecule has 0 amide bonds. The Morgan fingerprint density at radius 2 is 1.33 bits per heavy atom. The van der Waals surface area contributed by atoms with Crippen molar-refractivity contribution in [2.75, 3.05) is 19.8 Å². The van der Waals surface area contributed by atoms with E-state index < -0.39 is 129 Å². The molecule has 1 aromatic rings. The predicted molar refractivity (Wildman–Crippen MR) is 168 cm³/mol. The summed E-state index contributed by atoms with van der Waals surface area (Å²) in [5.41, 5.74) is 31.8. The van der Waals surface area contributed by atoms with E-state index in [1.807, 2.05) is 6.07 Å². The number of aliphatic hydroxyl groups excluding tert-OH is 6. The second kappa shape index (κ2) is 16.1. The van der Waals surface area contributed by atoms with Crippen LogP contribution in [0.15, 0.2) is 24.3 Å². The molecule has 0 unspecified atom stereocenters. The Bertz CT molecular complexity index is 1340. The molecule has 286 valence electrons. The number of benzene rings is 1. The number of hydrogen-bond acceptors (Lipinski definition) is 20. The van der Waals surface area contributed by atoms with E-state index in [-0.39, 0.29) is 19.6 Å². The first-order chi connectivity index (χ1) is 24.4. The fourth-order valence-electron chi connectivity index (χ4n) is 7.09. The Kier molecular flexibility index (Phi) is 12.2. The number of nitrogens with zero attached hydrogens (tertiary/aromatic N) is 1. The zero-order valence-corrected chi connectivity index (χ0v) is 27.5. The smallest absolute Gasteiger partial charge is 0.187 e. The van der Waals surface area contributed by atoms with Gasteiger partial charge in [-0.05, 0) is 18.6 Å². The van der Waals surface area contributed by atoms with Gasteiger partial charge in [0.05, 0.1) is 43.0 Å². The number of fused-ring (bicyclic) bond motifs is 1. The summed E-state index contributed by atoms with van der Waals surface area (Å²) >= 11 is 0. The van der Waals surface area contributed by atoms with E-state index in [0.29, 0.717) is 11.1 Å². The molecular weight excluding hydrogens is 680 g/mol. The lowest BCUT2D eigenvalue weighted by atomic mass is 9.84. The maximum atomic E-state index is 11.3. The maximum absolute atomic E-state index is 11.3. The van der Waals surface area contributed by atoms with E-state index >= 15 is 0 Å². The minimum Gasteiger partial charge on any atom is -0.394 e. The molecule has 16 N–H and O–H groups in total. The van der Waals surface area contributed by atoms with Crippen molar-refractivity contribution >= 4 is 0 Å². The van der Waals surface area contributed by atoms with Crippen LogP contribution in [0, 0.1) is 11.3 Å². The number of nitriles is 1. The highest BCUT2D eigenvalue weighted by atomic mass is 16.8. The van der Waals surface area contributed by atoms with Crippen molar-refractivity contribution in [2.24, 2.45) is 28.7 Å². The van der Waals surface area contributed by atoms with E-state index in [1.54, 1.807) is 24.3 Å². The Labute approximate surface area is 292 Å². The molecule has 6 rings (SSSR count).